The number of aliphatic hydroxyl groups is 2. The molecule has 0 bridgehead atoms. The molecule has 0 spiro atoms. The van der Waals surface area contributed by atoms with Crippen LogP contribution in [0.15, 0.2) is 0 Å². The lowest BCUT2D eigenvalue weighted by Crippen LogP contribution is -2.50. The van der Waals surface area contributed by atoms with Gasteiger partial charge < -0.3 is 15.5 Å². The fourth-order valence-electron chi connectivity index (χ4n) is 6.17. The maximum atomic E-state index is 12.6. The van der Waals surface area contributed by atoms with Gasteiger partial charge in [-0.05, 0) is 12.8 Å². The SMILES string of the molecule is CCCCCCCCCCCCCCCCCCC(O)C(=O)NC(CS(=O)(=O)O)C(O)CCCCCCCCCCCCCC. The third kappa shape index (κ3) is 31.7. The average Bonchev–Trinajstić information content (AvgIpc) is 3.00. The summed E-state index contributed by atoms with van der Waals surface area (Å²) in [6, 6.07) is -1.14. The molecule has 45 heavy (non-hydrogen) atoms. The number of hydrogen-bond acceptors (Lipinski definition) is 5. The molecular formula is C37H75NO6S. The summed E-state index contributed by atoms with van der Waals surface area (Å²) in [5.74, 6) is -1.44. The highest BCUT2D eigenvalue weighted by atomic mass is 32.2. The minimum Gasteiger partial charge on any atom is -0.391 e. The van der Waals surface area contributed by atoms with Gasteiger partial charge in [0.15, 0.2) is 0 Å². The van der Waals surface area contributed by atoms with Gasteiger partial charge in [0.05, 0.1) is 17.9 Å². The van der Waals surface area contributed by atoms with Crippen LogP contribution in [0.5, 0.6) is 0 Å². The van der Waals surface area contributed by atoms with E-state index >= 15 is 0 Å². The molecule has 0 aliphatic rings. The van der Waals surface area contributed by atoms with Crippen LogP contribution in [0, 0.1) is 0 Å². The molecule has 4 N–H and O–H groups in total. The zero-order valence-corrected chi connectivity index (χ0v) is 30.4. The molecule has 0 rings (SSSR count). The van der Waals surface area contributed by atoms with Crippen LogP contribution in [0.4, 0.5) is 0 Å². The number of amides is 1. The molecule has 0 aliphatic carbocycles. The van der Waals surface area contributed by atoms with Crippen molar-refractivity contribution >= 4 is 16.0 Å². The van der Waals surface area contributed by atoms with Gasteiger partial charge in [-0.2, -0.15) is 8.42 Å². The van der Waals surface area contributed by atoms with Crippen molar-refractivity contribution in [2.45, 2.75) is 225 Å². The number of nitrogens with one attached hydrogen (secondary N) is 1. The summed E-state index contributed by atoms with van der Waals surface area (Å²) >= 11 is 0. The number of carbonyl (C=O) groups excluding carboxylic acids is 1. The Morgan fingerprint density at radius 3 is 1.11 bits per heavy atom. The van der Waals surface area contributed by atoms with Gasteiger partial charge in [-0.25, -0.2) is 0 Å². The van der Waals surface area contributed by atoms with Crippen molar-refractivity contribution in [2.24, 2.45) is 0 Å². The van der Waals surface area contributed by atoms with Crippen molar-refractivity contribution in [2.75, 3.05) is 5.75 Å². The summed E-state index contributed by atoms with van der Waals surface area (Å²) in [5, 5.41) is 23.5. The number of unbranched alkanes of at least 4 members (excludes halogenated alkanes) is 26. The molecule has 0 aromatic heterocycles. The monoisotopic (exact) mass is 662 g/mol. The first-order chi connectivity index (χ1) is 21.7. The van der Waals surface area contributed by atoms with Gasteiger partial charge in [0.2, 0.25) is 5.91 Å². The van der Waals surface area contributed by atoms with Crippen molar-refractivity contribution in [3.05, 3.63) is 0 Å². The van der Waals surface area contributed by atoms with E-state index in [0.29, 0.717) is 12.8 Å². The lowest BCUT2D eigenvalue weighted by Gasteiger charge is -2.24. The Hall–Kier alpha value is -0.700. The second kappa shape index (κ2) is 31.9. The second-order valence-corrected chi connectivity index (χ2v) is 15.2. The molecule has 8 heteroatoms. The zero-order valence-electron chi connectivity index (χ0n) is 29.6. The first-order valence-corrected chi connectivity index (χ1v) is 20.9. The summed E-state index contributed by atoms with van der Waals surface area (Å²) < 4.78 is 32.4. The van der Waals surface area contributed by atoms with Gasteiger partial charge >= 0.3 is 0 Å². The molecule has 0 radical (unpaired) electrons. The number of rotatable bonds is 35. The molecular weight excluding hydrogens is 586 g/mol. The molecule has 0 saturated carbocycles. The van der Waals surface area contributed by atoms with E-state index in [-0.39, 0.29) is 0 Å². The van der Waals surface area contributed by atoms with E-state index in [4.69, 9.17) is 0 Å². The molecule has 0 aromatic carbocycles. The quantitative estimate of drug-likeness (QED) is 0.0396. The molecule has 0 aromatic rings. The fraction of sp³-hybridized carbons (Fsp3) is 0.973. The standard InChI is InChI=1S/C37H75NO6S/c1-3-5-7-9-11-13-15-17-18-19-20-22-24-26-28-30-32-36(40)37(41)38-34(33-45(42,43)44)35(39)31-29-27-25-23-21-16-14-12-10-8-6-4-2/h34-36,39-40H,3-33H2,1-2H3,(H,38,41)(H,42,43,44). The highest BCUT2D eigenvalue weighted by Crippen LogP contribution is 2.16. The van der Waals surface area contributed by atoms with Crippen molar-refractivity contribution in [3.8, 4) is 0 Å². The van der Waals surface area contributed by atoms with E-state index in [0.717, 1.165) is 44.9 Å². The van der Waals surface area contributed by atoms with Crippen LogP contribution >= 0.6 is 0 Å². The van der Waals surface area contributed by atoms with Gasteiger partial charge in [0.1, 0.15) is 6.10 Å². The molecule has 1 amide bonds. The zero-order chi connectivity index (χ0) is 33.4. The van der Waals surface area contributed by atoms with E-state index in [1.165, 1.54) is 135 Å². The van der Waals surface area contributed by atoms with Crippen LogP contribution in [0.1, 0.15) is 206 Å². The molecule has 0 heterocycles. The predicted octanol–water partition coefficient (Wildman–Crippen LogP) is 9.82. The Labute approximate surface area is 279 Å². The Balaban J connectivity index is 3.98. The van der Waals surface area contributed by atoms with Crippen LogP contribution in [0.2, 0.25) is 0 Å². The first-order valence-electron chi connectivity index (χ1n) is 19.3. The minimum atomic E-state index is -4.40. The topological polar surface area (TPSA) is 124 Å². The van der Waals surface area contributed by atoms with Crippen LogP contribution < -0.4 is 5.32 Å². The van der Waals surface area contributed by atoms with Crippen molar-refractivity contribution in [3.63, 3.8) is 0 Å². The van der Waals surface area contributed by atoms with E-state index in [2.05, 4.69) is 19.2 Å². The van der Waals surface area contributed by atoms with E-state index in [1.807, 2.05) is 0 Å². The molecule has 270 valence electrons. The molecule has 3 atom stereocenters. The Morgan fingerprint density at radius 2 is 0.800 bits per heavy atom. The van der Waals surface area contributed by atoms with Gasteiger partial charge in [0.25, 0.3) is 10.1 Å². The maximum absolute atomic E-state index is 12.6. The predicted molar refractivity (Wildman–Crippen MR) is 190 cm³/mol. The summed E-state index contributed by atoms with van der Waals surface area (Å²) in [4.78, 5) is 12.6. The third-order valence-electron chi connectivity index (χ3n) is 9.17. The molecule has 0 saturated heterocycles. The van der Waals surface area contributed by atoms with Crippen LogP contribution in [0.25, 0.3) is 0 Å². The summed E-state index contributed by atoms with van der Waals surface area (Å²) in [6.07, 6.45) is 32.6. The van der Waals surface area contributed by atoms with Crippen molar-refractivity contribution in [1.29, 1.82) is 0 Å². The van der Waals surface area contributed by atoms with Crippen molar-refractivity contribution in [1.82, 2.24) is 5.32 Å². The molecule has 3 unspecified atom stereocenters. The van der Waals surface area contributed by atoms with E-state index in [1.54, 1.807) is 0 Å². The van der Waals surface area contributed by atoms with Crippen molar-refractivity contribution < 1.29 is 28.0 Å². The molecule has 7 nitrogen and oxygen atoms in total. The van der Waals surface area contributed by atoms with Crippen LogP contribution in [-0.2, 0) is 14.9 Å². The van der Waals surface area contributed by atoms with Gasteiger partial charge in [-0.15, -0.1) is 0 Å². The van der Waals surface area contributed by atoms with Gasteiger partial charge in [-0.3, -0.25) is 9.35 Å². The Kier molecular flexibility index (Phi) is 31.4. The lowest BCUT2D eigenvalue weighted by atomic mass is 10.0. The summed E-state index contributed by atoms with van der Waals surface area (Å²) in [6.45, 7) is 4.49. The van der Waals surface area contributed by atoms with Crippen LogP contribution in [0.3, 0.4) is 0 Å². The first kappa shape index (κ1) is 44.3. The van der Waals surface area contributed by atoms with Gasteiger partial charge in [0, 0.05) is 0 Å². The summed E-state index contributed by atoms with van der Waals surface area (Å²) in [7, 11) is -4.40. The largest absolute Gasteiger partial charge is 0.391 e. The van der Waals surface area contributed by atoms with Gasteiger partial charge in [-0.1, -0.05) is 194 Å². The molecule has 0 fully saturated rings. The second-order valence-electron chi connectivity index (χ2n) is 13.7. The normalized spacial score (nSPS) is 14.0. The highest BCUT2D eigenvalue weighted by Gasteiger charge is 2.28. The Morgan fingerprint density at radius 1 is 0.511 bits per heavy atom. The maximum Gasteiger partial charge on any atom is 0.266 e. The highest BCUT2D eigenvalue weighted by molar-refractivity contribution is 7.85. The number of aliphatic hydroxyl groups excluding tert-OH is 2. The fourth-order valence-corrected chi connectivity index (χ4v) is 6.93. The van der Waals surface area contributed by atoms with Crippen LogP contribution in [-0.4, -0.2) is 53.1 Å². The number of hydrogen-bond donors (Lipinski definition) is 4. The van der Waals surface area contributed by atoms with E-state index in [9.17, 15) is 28.0 Å². The minimum absolute atomic E-state index is 0.303. The Bertz CT molecular complexity index is 747. The summed E-state index contributed by atoms with van der Waals surface area (Å²) in [5.41, 5.74) is 0. The van der Waals surface area contributed by atoms with E-state index < -0.39 is 40.0 Å². The smallest absolute Gasteiger partial charge is 0.266 e. The number of carbonyl (C=O) groups is 1. The third-order valence-corrected chi connectivity index (χ3v) is 9.95. The average molecular weight is 662 g/mol. The lowest BCUT2D eigenvalue weighted by molar-refractivity contribution is -0.131. The molecule has 0 aliphatic heterocycles.